The Kier molecular flexibility index (Phi) is 8.07. The van der Waals surface area contributed by atoms with E-state index in [2.05, 4.69) is 15.6 Å². The zero-order valence-electron chi connectivity index (χ0n) is 19.3. The number of nitrogens with zero attached hydrogens (tertiary/aromatic N) is 1. The van der Waals surface area contributed by atoms with Crippen LogP contribution in [0.2, 0.25) is 0 Å². The Morgan fingerprint density at radius 2 is 1.89 bits per heavy atom. The topological polar surface area (TPSA) is 201 Å². The van der Waals surface area contributed by atoms with E-state index < -0.39 is 53.8 Å². The number of fused-ring (bicyclic) bond motifs is 1. The third-order valence-electron chi connectivity index (χ3n) is 6.04. The standard InChI is InChI=1S/C23H30N6O6/c1-12(27-21(32)15(24)10-19(25)30)20(31)28-17(22(33)29-8-4-7-18(29)23(34)35)9-13-11-26-16-6-3-2-5-14(13)16/h2-3,5-6,11-12,15,17-18,26H,4,7-10,24H2,1H3,(H2,25,30)(H,27,32)(H,28,31)(H,34,35)/t12-,15-,17-,18+/m0/s1. The Labute approximate surface area is 201 Å². The highest BCUT2D eigenvalue weighted by molar-refractivity contribution is 5.95. The van der Waals surface area contributed by atoms with E-state index in [9.17, 15) is 29.1 Å². The number of carbonyl (C=O) groups excluding carboxylic acids is 4. The minimum atomic E-state index is -1.22. The molecule has 3 rings (SSSR count). The predicted octanol–water partition coefficient (Wildman–Crippen LogP) is -1.02. The maximum Gasteiger partial charge on any atom is 0.326 e. The minimum Gasteiger partial charge on any atom is -0.480 e. The quantitative estimate of drug-likeness (QED) is 0.247. The van der Waals surface area contributed by atoms with Crippen molar-refractivity contribution in [1.82, 2.24) is 20.5 Å². The summed E-state index contributed by atoms with van der Waals surface area (Å²) in [4.78, 5) is 65.5. The first-order chi connectivity index (χ1) is 16.6. The number of hydrogen-bond donors (Lipinski definition) is 6. The van der Waals surface area contributed by atoms with Crippen molar-refractivity contribution in [2.24, 2.45) is 11.5 Å². The van der Waals surface area contributed by atoms with Gasteiger partial charge in [-0.05, 0) is 31.4 Å². The van der Waals surface area contributed by atoms with Crippen molar-refractivity contribution >= 4 is 40.5 Å². The fraction of sp³-hybridized carbons (Fsp3) is 0.435. The summed E-state index contributed by atoms with van der Waals surface area (Å²) in [6.07, 6.45) is 2.34. The highest BCUT2D eigenvalue weighted by Gasteiger charge is 2.38. The Bertz CT molecular complexity index is 1130. The van der Waals surface area contributed by atoms with Crippen molar-refractivity contribution in [2.75, 3.05) is 6.54 Å². The van der Waals surface area contributed by atoms with Crippen LogP contribution >= 0.6 is 0 Å². The van der Waals surface area contributed by atoms with Crippen LogP contribution in [0.5, 0.6) is 0 Å². The first-order valence-electron chi connectivity index (χ1n) is 11.3. The summed E-state index contributed by atoms with van der Waals surface area (Å²) in [5, 5.41) is 15.4. The van der Waals surface area contributed by atoms with E-state index in [0.717, 1.165) is 16.5 Å². The number of likely N-dealkylation sites (tertiary alicyclic amines) is 1. The molecule has 1 aromatic carbocycles. The molecule has 0 bridgehead atoms. The van der Waals surface area contributed by atoms with Crippen molar-refractivity contribution < 1.29 is 29.1 Å². The lowest BCUT2D eigenvalue weighted by atomic mass is 10.0. The number of nitrogens with two attached hydrogens (primary N) is 2. The van der Waals surface area contributed by atoms with Gasteiger partial charge in [-0.15, -0.1) is 0 Å². The Hall–Kier alpha value is -3.93. The van der Waals surface area contributed by atoms with Crippen LogP contribution in [0.25, 0.3) is 10.9 Å². The van der Waals surface area contributed by atoms with Gasteiger partial charge in [0.2, 0.25) is 23.6 Å². The SMILES string of the molecule is C[C@H](NC(=O)[C@@H](N)CC(N)=O)C(=O)N[C@@H](Cc1c[nH]c2ccccc12)C(=O)N1CCC[C@@H]1C(=O)O. The van der Waals surface area contributed by atoms with Gasteiger partial charge >= 0.3 is 5.97 Å². The van der Waals surface area contributed by atoms with Crippen LogP contribution in [0.15, 0.2) is 30.5 Å². The fourth-order valence-electron chi connectivity index (χ4n) is 4.20. The Balaban J connectivity index is 1.79. The van der Waals surface area contributed by atoms with Crippen molar-refractivity contribution in [3.8, 4) is 0 Å². The summed E-state index contributed by atoms with van der Waals surface area (Å²) in [6, 6.07) is 3.14. The van der Waals surface area contributed by atoms with Crippen LogP contribution in [0.4, 0.5) is 0 Å². The zero-order chi connectivity index (χ0) is 25.7. The zero-order valence-corrected chi connectivity index (χ0v) is 19.3. The van der Waals surface area contributed by atoms with E-state index in [-0.39, 0.29) is 19.4 Å². The lowest BCUT2D eigenvalue weighted by molar-refractivity contribution is -0.149. The van der Waals surface area contributed by atoms with E-state index >= 15 is 0 Å². The van der Waals surface area contributed by atoms with Gasteiger partial charge < -0.3 is 37.1 Å². The molecule has 1 aliphatic rings. The van der Waals surface area contributed by atoms with Crippen LogP contribution in [0.3, 0.4) is 0 Å². The van der Waals surface area contributed by atoms with E-state index in [1.165, 1.54) is 11.8 Å². The van der Waals surface area contributed by atoms with Gasteiger partial charge in [0, 0.05) is 30.1 Å². The second-order valence-electron chi connectivity index (χ2n) is 8.66. The number of hydrogen-bond acceptors (Lipinski definition) is 6. The molecule has 0 unspecified atom stereocenters. The molecular weight excluding hydrogens is 456 g/mol. The molecule has 0 saturated carbocycles. The van der Waals surface area contributed by atoms with Gasteiger partial charge in [-0.1, -0.05) is 18.2 Å². The molecular formula is C23H30N6O6. The summed E-state index contributed by atoms with van der Waals surface area (Å²) in [7, 11) is 0. The van der Waals surface area contributed by atoms with Crippen molar-refractivity contribution in [2.45, 2.75) is 56.8 Å². The lowest BCUT2D eigenvalue weighted by Crippen LogP contribution is -2.57. The number of aromatic amines is 1. The molecule has 1 aliphatic heterocycles. The van der Waals surface area contributed by atoms with Crippen LogP contribution in [-0.2, 0) is 30.4 Å². The average molecular weight is 487 g/mol. The number of nitrogens with one attached hydrogen (secondary N) is 3. The first-order valence-corrected chi connectivity index (χ1v) is 11.3. The molecule has 2 aromatic rings. The van der Waals surface area contributed by atoms with Crippen molar-refractivity contribution in [1.29, 1.82) is 0 Å². The molecule has 0 aliphatic carbocycles. The minimum absolute atomic E-state index is 0.110. The highest BCUT2D eigenvalue weighted by atomic mass is 16.4. The summed E-state index contributed by atoms with van der Waals surface area (Å²) in [5.41, 5.74) is 12.3. The average Bonchev–Trinajstić information content (AvgIpc) is 3.45. The maximum atomic E-state index is 13.4. The van der Waals surface area contributed by atoms with E-state index in [1.54, 1.807) is 6.20 Å². The van der Waals surface area contributed by atoms with E-state index in [0.29, 0.717) is 12.8 Å². The number of aromatic nitrogens is 1. The molecule has 4 atom stereocenters. The highest BCUT2D eigenvalue weighted by Crippen LogP contribution is 2.22. The number of primary amides is 1. The van der Waals surface area contributed by atoms with Crippen molar-refractivity contribution in [3.63, 3.8) is 0 Å². The number of benzene rings is 1. The summed E-state index contributed by atoms with van der Waals surface area (Å²) in [5.74, 6) is -3.77. The Morgan fingerprint density at radius 1 is 1.17 bits per heavy atom. The predicted molar refractivity (Wildman–Crippen MR) is 126 cm³/mol. The van der Waals surface area contributed by atoms with Gasteiger partial charge in [-0.2, -0.15) is 0 Å². The van der Waals surface area contributed by atoms with E-state index in [4.69, 9.17) is 11.5 Å². The number of aliphatic carboxylic acids is 1. The number of carbonyl (C=O) groups is 5. The number of para-hydroxylation sites is 1. The molecule has 2 heterocycles. The number of rotatable bonds is 10. The largest absolute Gasteiger partial charge is 0.480 e. The van der Waals surface area contributed by atoms with Gasteiger partial charge in [0.25, 0.3) is 0 Å². The number of amides is 4. The molecule has 1 fully saturated rings. The van der Waals surface area contributed by atoms with Crippen molar-refractivity contribution in [3.05, 3.63) is 36.0 Å². The molecule has 0 radical (unpaired) electrons. The normalized spacial score (nSPS) is 18.0. The maximum absolute atomic E-state index is 13.4. The van der Waals surface area contributed by atoms with Gasteiger partial charge in [0.1, 0.15) is 18.1 Å². The summed E-state index contributed by atoms with van der Waals surface area (Å²) < 4.78 is 0. The van der Waals surface area contributed by atoms with Crippen LogP contribution < -0.4 is 22.1 Å². The second-order valence-corrected chi connectivity index (χ2v) is 8.66. The van der Waals surface area contributed by atoms with Crippen LogP contribution in [0.1, 0.15) is 31.7 Å². The second kappa shape index (κ2) is 11.0. The van der Waals surface area contributed by atoms with Gasteiger partial charge in [-0.25, -0.2) is 4.79 Å². The number of H-pyrrole nitrogens is 1. The first kappa shape index (κ1) is 25.7. The summed E-state index contributed by atoms with van der Waals surface area (Å²) >= 11 is 0. The van der Waals surface area contributed by atoms with E-state index in [1.807, 2.05) is 24.3 Å². The third kappa shape index (κ3) is 6.15. The van der Waals surface area contributed by atoms with Crippen LogP contribution in [-0.4, -0.2) is 75.3 Å². The molecule has 12 nitrogen and oxygen atoms in total. The smallest absolute Gasteiger partial charge is 0.326 e. The van der Waals surface area contributed by atoms with Gasteiger partial charge in [0.05, 0.1) is 12.5 Å². The molecule has 1 aromatic heterocycles. The Morgan fingerprint density at radius 3 is 2.57 bits per heavy atom. The molecule has 188 valence electrons. The molecule has 4 amide bonds. The fourth-order valence-corrected chi connectivity index (χ4v) is 4.20. The summed E-state index contributed by atoms with van der Waals surface area (Å²) in [6.45, 7) is 1.68. The lowest BCUT2D eigenvalue weighted by Gasteiger charge is -2.28. The number of carboxylic acids is 1. The van der Waals surface area contributed by atoms with Crippen LogP contribution in [0, 0.1) is 0 Å². The molecule has 1 saturated heterocycles. The monoisotopic (exact) mass is 486 g/mol. The third-order valence-corrected chi connectivity index (χ3v) is 6.04. The molecule has 12 heteroatoms. The number of carboxylic acid groups (broad SMARTS) is 1. The van der Waals surface area contributed by atoms with Gasteiger partial charge in [-0.3, -0.25) is 19.2 Å². The van der Waals surface area contributed by atoms with Gasteiger partial charge in [0.15, 0.2) is 0 Å². The molecule has 35 heavy (non-hydrogen) atoms. The molecule has 8 N–H and O–H groups in total. The molecule has 0 spiro atoms.